The van der Waals surface area contributed by atoms with E-state index in [9.17, 15) is 14.4 Å². The lowest BCUT2D eigenvalue weighted by molar-refractivity contribution is -0.140. The predicted molar refractivity (Wildman–Crippen MR) is 89.1 cm³/mol. The molecule has 3 rings (SSSR count). The maximum Gasteiger partial charge on any atom is 0.175 e. The van der Waals surface area contributed by atoms with Crippen LogP contribution in [-0.2, 0) is 14.4 Å². The number of carbonyl (C=O) groups excluding carboxylic acids is 3. The molecule has 0 atom stereocenters. The Hall–Kier alpha value is -2.75. The van der Waals surface area contributed by atoms with Gasteiger partial charge >= 0.3 is 0 Å². The molecule has 0 aromatic heterocycles. The number of hydrogen-bond donors (Lipinski definition) is 1. The van der Waals surface area contributed by atoms with Crippen LogP contribution in [0.5, 0.6) is 0 Å². The van der Waals surface area contributed by atoms with Crippen LogP contribution in [0.2, 0.25) is 0 Å². The summed E-state index contributed by atoms with van der Waals surface area (Å²) < 4.78 is 0. The summed E-state index contributed by atoms with van der Waals surface area (Å²) in [6.45, 7) is 0. The van der Waals surface area contributed by atoms with Crippen molar-refractivity contribution >= 4 is 33.8 Å². The fourth-order valence-electron chi connectivity index (χ4n) is 2.88. The van der Waals surface area contributed by atoms with E-state index in [0.29, 0.717) is 19.3 Å². The van der Waals surface area contributed by atoms with Gasteiger partial charge in [0.15, 0.2) is 17.3 Å². The summed E-state index contributed by atoms with van der Waals surface area (Å²) in [7, 11) is 0. The van der Waals surface area contributed by atoms with Crippen LogP contribution in [0.4, 0.5) is 5.69 Å². The van der Waals surface area contributed by atoms with Crippen LogP contribution >= 0.6 is 0 Å². The monoisotopic (exact) mass is 307 g/mol. The largest absolute Gasteiger partial charge is 0.361 e. The van der Waals surface area contributed by atoms with E-state index < -0.39 is 11.7 Å². The lowest BCUT2D eigenvalue weighted by Crippen LogP contribution is -2.34. The third kappa shape index (κ3) is 3.21. The molecule has 23 heavy (non-hydrogen) atoms. The number of fused-ring (bicyclic) bond motifs is 1. The van der Waals surface area contributed by atoms with Gasteiger partial charge in [0.05, 0.1) is 0 Å². The van der Waals surface area contributed by atoms with Crippen molar-refractivity contribution in [1.82, 2.24) is 0 Å². The van der Waals surface area contributed by atoms with E-state index in [1.54, 1.807) is 0 Å². The van der Waals surface area contributed by atoms with Crippen LogP contribution in [-0.4, -0.2) is 17.3 Å². The first kappa shape index (κ1) is 15.2. The normalized spacial score (nSPS) is 16.2. The van der Waals surface area contributed by atoms with Gasteiger partial charge in [-0.3, -0.25) is 14.4 Å². The van der Waals surface area contributed by atoms with Gasteiger partial charge in [0.1, 0.15) is 5.92 Å². The molecule has 2 aromatic rings. The van der Waals surface area contributed by atoms with Crippen LogP contribution in [0.1, 0.15) is 19.3 Å². The minimum absolute atomic E-state index is 0.263. The Morgan fingerprint density at radius 3 is 2.48 bits per heavy atom. The average Bonchev–Trinajstić information content (AvgIpc) is 2.55. The summed E-state index contributed by atoms with van der Waals surface area (Å²) in [5.41, 5.74) is 0.869. The van der Waals surface area contributed by atoms with Gasteiger partial charge in [-0.15, -0.1) is 0 Å². The van der Waals surface area contributed by atoms with Crippen LogP contribution in [0, 0.1) is 5.92 Å². The molecule has 1 aliphatic rings. The molecule has 0 aliphatic heterocycles. The molecule has 4 heteroatoms. The number of ketones is 3. The quantitative estimate of drug-likeness (QED) is 0.695. The molecule has 0 amide bonds. The van der Waals surface area contributed by atoms with Crippen molar-refractivity contribution in [3.63, 3.8) is 0 Å². The summed E-state index contributed by atoms with van der Waals surface area (Å²) >= 11 is 0. The molecule has 0 spiro atoms. The van der Waals surface area contributed by atoms with E-state index in [1.165, 1.54) is 12.3 Å². The molecule has 0 radical (unpaired) electrons. The van der Waals surface area contributed by atoms with Crippen LogP contribution in [0.15, 0.2) is 54.7 Å². The van der Waals surface area contributed by atoms with Gasteiger partial charge in [-0.05, 0) is 23.9 Å². The van der Waals surface area contributed by atoms with Crippen LogP contribution in [0.3, 0.4) is 0 Å². The number of Topliss-reactive ketones (excluding diaryl/α,β-unsaturated/α-hetero) is 2. The number of hydrogen-bond acceptors (Lipinski definition) is 4. The minimum atomic E-state index is -1.10. The Morgan fingerprint density at radius 2 is 1.70 bits per heavy atom. The molecule has 1 fully saturated rings. The van der Waals surface area contributed by atoms with Gasteiger partial charge in [0.25, 0.3) is 0 Å². The Labute approximate surface area is 134 Å². The van der Waals surface area contributed by atoms with E-state index >= 15 is 0 Å². The number of allylic oxidation sites excluding steroid dienone is 1. The van der Waals surface area contributed by atoms with Crippen molar-refractivity contribution in [2.24, 2.45) is 5.92 Å². The van der Waals surface area contributed by atoms with Gasteiger partial charge < -0.3 is 5.32 Å². The second-order valence-electron chi connectivity index (χ2n) is 5.63. The highest BCUT2D eigenvalue weighted by Crippen LogP contribution is 2.23. The highest BCUT2D eigenvalue weighted by Gasteiger charge is 2.34. The predicted octanol–water partition coefficient (Wildman–Crippen LogP) is 3.27. The highest BCUT2D eigenvalue weighted by molar-refractivity contribution is 6.23. The van der Waals surface area contributed by atoms with Crippen molar-refractivity contribution < 1.29 is 14.4 Å². The molecule has 4 nitrogen and oxygen atoms in total. The third-order valence-corrected chi connectivity index (χ3v) is 4.05. The Bertz CT molecular complexity index is 786. The zero-order chi connectivity index (χ0) is 16.2. The topological polar surface area (TPSA) is 63.2 Å². The molecule has 0 saturated heterocycles. The van der Waals surface area contributed by atoms with Crippen molar-refractivity contribution in [1.29, 1.82) is 0 Å². The second-order valence-corrected chi connectivity index (χ2v) is 5.63. The minimum Gasteiger partial charge on any atom is -0.361 e. The van der Waals surface area contributed by atoms with Gasteiger partial charge in [-0.25, -0.2) is 0 Å². The number of carbonyl (C=O) groups is 3. The molecule has 1 saturated carbocycles. The van der Waals surface area contributed by atoms with Crippen molar-refractivity contribution in [3.8, 4) is 0 Å². The molecule has 1 N–H and O–H groups in total. The molecule has 2 aromatic carbocycles. The maximum absolute atomic E-state index is 12.1. The zero-order valence-corrected chi connectivity index (χ0v) is 12.6. The molecule has 0 unspecified atom stereocenters. The SMILES string of the molecule is O=C(/C=C\Nc1cccc2ccccc12)C1C(=O)CCCC1=O. The smallest absolute Gasteiger partial charge is 0.175 e. The fraction of sp³-hybridized carbons (Fsp3) is 0.211. The Balaban J connectivity index is 1.74. The van der Waals surface area contributed by atoms with Gasteiger partial charge in [0.2, 0.25) is 0 Å². The first-order chi connectivity index (χ1) is 11.2. The van der Waals surface area contributed by atoms with E-state index in [-0.39, 0.29) is 11.6 Å². The van der Waals surface area contributed by atoms with E-state index in [0.717, 1.165) is 16.5 Å². The van der Waals surface area contributed by atoms with E-state index in [2.05, 4.69) is 5.32 Å². The lowest BCUT2D eigenvalue weighted by atomic mass is 9.84. The number of nitrogens with one attached hydrogen (secondary N) is 1. The Kier molecular flexibility index (Phi) is 4.33. The zero-order valence-electron chi connectivity index (χ0n) is 12.6. The lowest BCUT2D eigenvalue weighted by Gasteiger charge is -2.16. The van der Waals surface area contributed by atoms with Crippen molar-refractivity contribution in [2.45, 2.75) is 19.3 Å². The summed E-state index contributed by atoms with van der Waals surface area (Å²) in [4.78, 5) is 35.6. The molecular weight excluding hydrogens is 290 g/mol. The van der Waals surface area contributed by atoms with Crippen LogP contribution in [0.25, 0.3) is 10.8 Å². The molecule has 116 valence electrons. The van der Waals surface area contributed by atoms with Crippen molar-refractivity contribution in [2.75, 3.05) is 5.32 Å². The van der Waals surface area contributed by atoms with E-state index in [4.69, 9.17) is 0 Å². The standard InChI is InChI=1S/C19H17NO3/c21-16-9-4-10-17(22)19(16)18(23)11-12-20-15-8-3-6-13-5-1-2-7-14(13)15/h1-3,5-8,11-12,19-20H,4,9-10H2/b12-11-. The summed E-state index contributed by atoms with van der Waals surface area (Å²) in [5, 5.41) is 5.19. The van der Waals surface area contributed by atoms with Gasteiger partial charge in [-0.2, -0.15) is 0 Å². The highest BCUT2D eigenvalue weighted by atomic mass is 16.2. The van der Waals surface area contributed by atoms with Crippen molar-refractivity contribution in [3.05, 3.63) is 54.7 Å². The number of anilines is 1. The Morgan fingerprint density at radius 1 is 1.00 bits per heavy atom. The van der Waals surface area contributed by atoms with Crippen LogP contribution < -0.4 is 5.32 Å². The third-order valence-electron chi connectivity index (χ3n) is 4.05. The van der Waals surface area contributed by atoms with E-state index in [1.807, 2.05) is 42.5 Å². The second kappa shape index (κ2) is 6.57. The number of benzene rings is 2. The van der Waals surface area contributed by atoms with Gasteiger partial charge in [0, 0.05) is 30.1 Å². The first-order valence-corrected chi connectivity index (χ1v) is 7.67. The first-order valence-electron chi connectivity index (χ1n) is 7.67. The fourth-order valence-corrected chi connectivity index (χ4v) is 2.88. The molecule has 0 bridgehead atoms. The molecule has 0 heterocycles. The number of rotatable bonds is 4. The summed E-state index contributed by atoms with van der Waals surface area (Å²) in [5.74, 6) is -2.07. The molecule has 1 aliphatic carbocycles. The average molecular weight is 307 g/mol. The summed E-state index contributed by atoms with van der Waals surface area (Å²) in [6, 6.07) is 13.8. The molecular formula is C19H17NO3. The van der Waals surface area contributed by atoms with Gasteiger partial charge in [-0.1, -0.05) is 36.4 Å². The summed E-state index contributed by atoms with van der Waals surface area (Å²) in [6.07, 6.45) is 3.96. The maximum atomic E-state index is 12.1.